The monoisotopic (exact) mass is 455 g/mol. The van der Waals surface area contributed by atoms with Crippen molar-refractivity contribution in [2.24, 2.45) is 0 Å². The molecule has 0 aliphatic carbocycles. The van der Waals surface area contributed by atoms with Gasteiger partial charge in [0.05, 0.1) is 28.4 Å². The quantitative estimate of drug-likeness (QED) is 0.346. The lowest BCUT2D eigenvalue weighted by Gasteiger charge is -2.11. The van der Waals surface area contributed by atoms with Gasteiger partial charge < -0.3 is 9.84 Å². The Morgan fingerprint density at radius 3 is 2.47 bits per heavy atom. The highest BCUT2D eigenvalue weighted by Crippen LogP contribution is 2.37. The van der Waals surface area contributed by atoms with Gasteiger partial charge >= 0.3 is 5.97 Å². The number of hydrogen-bond donors (Lipinski definition) is 1. The van der Waals surface area contributed by atoms with E-state index in [1.165, 1.54) is 11.3 Å². The van der Waals surface area contributed by atoms with Crippen LogP contribution in [0.1, 0.15) is 10.4 Å². The molecule has 4 rings (SSSR count). The topological polar surface area (TPSA) is 59.4 Å². The summed E-state index contributed by atoms with van der Waals surface area (Å²) >= 11 is 13.5. The molecule has 3 aromatic carbocycles. The van der Waals surface area contributed by atoms with Gasteiger partial charge in [0.1, 0.15) is 10.8 Å². The first-order valence-corrected chi connectivity index (χ1v) is 10.5. The average Bonchev–Trinajstić information content (AvgIpc) is 3.25. The van der Waals surface area contributed by atoms with Crippen LogP contribution in [0.3, 0.4) is 0 Å². The normalized spacial score (nSPS) is 10.8. The number of aromatic carboxylic acids is 1. The molecule has 1 N–H and O–H groups in total. The van der Waals surface area contributed by atoms with Crippen LogP contribution in [0.25, 0.3) is 33.0 Å². The van der Waals surface area contributed by atoms with Gasteiger partial charge in [0, 0.05) is 16.5 Å². The number of carboxylic acids is 1. The predicted octanol–water partition coefficient (Wildman–Crippen LogP) is 7.16. The number of hydrogen-bond acceptors (Lipinski definition) is 4. The number of benzene rings is 3. The summed E-state index contributed by atoms with van der Waals surface area (Å²) in [7, 11) is 1.58. The van der Waals surface area contributed by atoms with Crippen LogP contribution in [-0.2, 0) is 0 Å². The number of nitrogens with zero attached hydrogens (tertiary/aromatic N) is 1. The Morgan fingerprint density at radius 1 is 0.967 bits per heavy atom. The number of carbonyl (C=O) groups is 1. The Kier molecular flexibility index (Phi) is 5.77. The first-order chi connectivity index (χ1) is 14.5. The Balaban J connectivity index is 1.83. The number of ether oxygens (including phenoxy) is 1. The third kappa shape index (κ3) is 3.92. The Labute approximate surface area is 187 Å². The highest BCUT2D eigenvalue weighted by molar-refractivity contribution is 7.13. The van der Waals surface area contributed by atoms with E-state index in [0.717, 1.165) is 11.1 Å². The zero-order chi connectivity index (χ0) is 21.3. The number of carboxylic acid groups (broad SMARTS) is 1. The molecule has 0 saturated heterocycles. The fraction of sp³-hybridized carbons (Fsp3) is 0.0435. The second-order valence-electron chi connectivity index (χ2n) is 6.43. The van der Waals surface area contributed by atoms with Crippen molar-refractivity contribution in [1.82, 2.24) is 4.98 Å². The number of halogens is 2. The molecule has 30 heavy (non-hydrogen) atoms. The van der Waals surface area contributed by atoms with E-state index < -0.39 is 5.97 Å². The van der Waals surface area contributed by atoms with Crippen LogP contribution >= 0.6 is 34.5 Å². The predicted molar refractivity (Wildman–Crippen MR) is 122 cm³/mol. The molecule has 0 amide bonds. The molecule has 7 heteroatoms. The van der Waals surface area contributed by atoms with E-state index >= 15 is 0 Å². The van der Waals surface area contributed by atoms with Crippen LogP contribution < -0.4 is 4.74 Å². The minimum absolute atomic E-state index is 0.195. The van der Waals surface area contributed by atoms with Crippen LogP contribution in [0, 0.1) is 0 Å². The maximum absolute atomic E-state index is 12.2. The van der Waals surface area contributed by atoms with Gasteiger partial charge in [0.15, 0.2) is 0 Å². The molecule has 0 aliphatic rings. The molecule has 0 saturated carbocycles. The molecule has 0 bridgehead atoms. The van der Waals surface area contributed by atoms with Gasteiger partial charge in [0.25, 0.3) is 0 Å². The van der Waals surface area contributed by atoms with Gasteiger partial charge in [-0.2, -0.15) is 0 Å². The van der Waals surface area contributed by atoms with Gasteiger partial charge in [-0.3, -0.25) is 0 Å². The van der Waals surface area contributed by atoms with Crippen molar-refractivity contribution in [2.45, 2.75) is 0 Å². The van der Waals surface area contributed by atoms with Gasteiger partial charge in [0.2, 0.25) is 0 Å². The Bertz CT molecular complexity index is 1250. The lowest BCUT2D eigenvalue weighted by Crippen LogP contribution is -2.03. The molecule has 0 fully saturated rings. The SMILES string of the molecule is COc1cccc(-c2cccc(-c3nc(-c4ccc(Cl)c(Cl)c4)cs3)c2C(=O)O)c1. The van der Waals surface area contributed by atoms with Crippen LogP contribution in [0.5, 0.6) is 5.75 Å². The minimum Gasteiger partial charge on any atom is -0.497 e. The Hall–Kier alpha value is -2.86. The molecule has 0 aliphatic heterocycles. The van der Waals surface area contributed by atoms with Crippen LogP contribution in [0.4, 0.5) is 0 Å². The molecule has 0 radical (unpaired) electrons. The molecular formula is C23H15Cl2NO3S. The summed E-state index contributed by atoms with van der Waals surface area (Å²) in [5.41, 5.74) is 3.63. The lowest BCUT2D eigenvalue weighted by atomic mass is 9.95. The molecule has 1 heterocycles. The summed E-state index contributed by atoms with van der Waals surface area (Å²) < 4.78 is 5.28. The second kappa shape index (κ2) is 8.48. The van der Waals surface area contributed by atoms with E-state index in [1.807, 2.05) is 41.8 Å². The maximum Gasteiger partial charge on any atom is 0.337 e. The summed E-state index contributed by atoms with van der Waals surface area (Å²) in [5.74, 6) is -0.361. The van der Waals surface area contributed by atoms with E-state index in [2.05, 4.69) is 4.98 Å². The number of aromatic nitrogens is 1. The first kappa shape index (κ1) is 20.4. The van der Waals surface area contributed by atoms with E-state index in [0.29, 0.717) is 37.6 Å². The van der Waals surface area contributed by atoms with Crippen molar-refractivity contribution in [3.8, 4) is 38.7 Å². The van der Waals surface area contributed by atoms with E-state index in [-0.39, 0.29) is 5.56 Å². The summed E-state index contributed by atoms with van der Waals surface area (Å²) in [4.78, 5) is 16.9. The smallest absolute Gasteiger partial charge is 0.337 e. The average molecular weight is 456 g/mol. The van der Waals surface area contributed by atoms with Gasteiger partial charge in [-0.25, -0.2) is 9.78 Å². The molecule has 4 nitrogen and oxygen atoms in total. The molecule has 0 unspecified atom stereocenters. The largest absolute Gasteiger partial charge is 0.497 e. The number of thiazole rings is 1. The van der Waals surface area contributed by atoms with Crippen molar-refractivity contribution >= 4 is 40.5 Å². The highest BCUT2D eigenvalue weighted by Gasteiger charge is 2.20. The molecule has 0 atom stereocenters. The molecule has 1 aromatic heterocycles. The Morgan fingerprint density at radius 2 is 1.73 bits per heavy atom. The number of methoxy groups -OCH3 is 1. The fourth-order valence-electron chi connectivity index (χ4n) is 3.18. The summed E-state index contributed by atoms with van der Waals surface area (Å²) in [5, 5.41) is 13.4. The van der Waals surface area contributed by atoms with E-state index in [1.54, 1.807) is 31.4 Å². The molecular weight excluding hydrogens is 441 g/mol. The summed E-state index contributed by atoms with van der Waals surface area (Å²) in [6, 6.07) is 18.0. The third-order valence-corrected chi connectivity index (χ3v) is 6.22. The van der Waals surface area contributed by atoms with Crippen molar-refractivity contribution in [3.63, 3.8) is 0 Å². The fourth-order valence-corrected chi connectivity index (χ4v) is 4.34. The van der Waals surface area contributed by atoms with Crippen LogP contribution in [0.2, 0.25) is 10.0 Å². The minimum atomic E-state index is -1.02. The number of rotatable bonds is 5. The van der Waals surface area contributed by atoms with Gasteiger partial charge in [-0.05, 0) is 35.4 Å². The molecule has 150 valence electrons. The van der Waals surface area contributed by atoms with Crippen LogP contribution in [0.15, 0.2) is 66.0 Å². The first-order valence-electron chi connectivity index (χ1n) is 8.90. The maximum atomic E-state index is 12.2. The highest BCUT2D eigenvalue weighted by atomic mass is 35.5. The van der Waals surface area contributed by atoms with Crippen molar-refractivity contribution in [3.05, 3.63) is 81.7 Å². The molecule has 4 aromatic rings. The van der Waals surface area contributed by atoms with Crippen LogP contribution in [-0.4, -0.2) is 23.2 Å². The second-order valence-corrected chi connectivity index (χ2v) is 8.10. The van der Waals surface area contributed by atoms with Crippen molar-refractivity contribution < 1.29 is 14.6 Å². The molecule has 0 spiro atoms. The lowest BCUT2D eigenvalue weighted by molar-refractivity contribution is 0.0698. The summed E-state index contributed by atoms with van der Waals surface area (Å²) in [6.07, 6.45) is 0. The van der Waals surface area contributed by atoms with Gasteiger partial charge in [-0.1, -0.05) is 59.6 Å². The third-order valence-electron chi connectivity index (χ3n) is 4.61. The van der Waals surface area contributed by atoms with Gasteiger partial charge in [-0.15, -0.1) is 11.3 Å². The van der Waals surface area contributed by atoms with E-state index in [9.17, 15) is 9.90 Å². The summed E-state index contributed by atoms with van der Waals surface area (Å²) in [6.45, 7) is 0. The standard InChI is InChI=1S/C23H15Cl2NO3S/c1-29-15-5-2-4-13(10-15)16-6-3-7-17(21(16)23(27)28)22-26-20(12-30-22)14-8-9-18(24)19(25)11-14/h2-12H,1H3,(H,27,28). The zero-order valence-electron chi connectivity index (χ0n) is 15.7. The van der Waals surface area contributed by atoms with E-state index in [4.69, 9.17) is 27.9 Å². The van der Waals surface area contributed by atoms with Crippen molar-refractivity contribution in [2.75, 3.05) is 7.11 Å². The van der Waals surface area contributed by atoms with Crippen molar-refractivity contribution in [1.29, 1.82) is 0 Å². The zero-order valence-corrected chi connectivity index (χ0v) is 18.1.